The molecule has 0 aliphatic heterocycles. The van der Waals surface area contributed by atoms with Gasteiger partial charge in [0.15, 0.2) is 0 Å². The van der Waals surface area contributed by atoms with Crippen molar-refractivity contribution < 1.29 is 0 Å². The first kappa shape index (κ1) is 24.2. The van der Waals surface area contributed by atoms with Gasteiger partial charge in [0.25, 0.3) is 0 Å². The molecule has 0 fully saturated rings. The summed E-state index contributed by atoms with van der Waals surface area (Å²) >= 11 is 0. The van der Waals surface area contributed by atoms with Crippen LogP contribution in [0.3, 0.4) is 0 Å². The van der Waals surface area contributed by atoms with Crippen LogP contribution in [0, 0.1) is 38.5 Å². The van der Waals surface area contributed by atoms with Gasteiger partial charge in [-0.25, -0.2) is 0 Å². The maximum absolute atomic E-state index is 8.16. The van der Waals surface area contributed by atoms with E-state index in [0.29, 0.717) is 11.0 Å². The van der Waals surface area contributed by atoms with Gasteiger partial charge in [-0.1, -0.05) is 63.5 Å². The highest BCUT2D eigenvalue weighted by molar-refractivity contribution is 5.16. The predicted molar refractivity (Wildman–Crippen MR) is 126 cm³/mol. The van der Waals surface area contributed by atoms with Crippen molar-refractivity contribution >= 4 is 0 Å². The van der Waals surface area contributed by atoms with E-state index < -0.39 is 0 Å². The zero-order chi connectivity index (χ0) is 21.9. The maximum Gasteiger partial charge on any atom is 0.127 e. The Morgan fingerprint density at radius 3 is 1.17 bits per heavy atom. The first-order valence-corrected chi connectivity index (χ1v) is 11.8. The number of aryl methyl sites for hydroxylation is 6. The summed E-state index contributed by atoms with van der Waals surface area (Å²) in [5.74, 6) is 0. The maximum atomic E-state index is 8.16. The van der Waals surface area contributed by atoms with E-state index in [0.717, 1.165) is 24.2 Å². The summed E-state index contributed by atoms with van der Waals surface area (Å²) in [5, 5.41) is 16.3. The van der Waals surface area contributed by atoms with E-state index in [1.54, 1.807) is 0 Å². The molecule has 0 radical (unpaired) electrons. The molecule has 0 saturated carbocycles. The van der Waals surface area contributed by atoms with Gasteiger partial charge in [0.1, 0.15) is 11.0 Å². The lowest BCUT2D eigenvalue weighted by Gasteiger charge is -2.10. The molecule has 2 rings (SSSR count). The Hall–Kier alpha value is -2.10. The van der Waals surface area contributed by atoms with E-state index in [-0.39, 0.29) is 0 Å². The second-order valence-electron chi connectivity index (χ2n) is 9.02. The molecular weight excluding hydrogens is 368 g/mol. The fraction of sp³-hybridized carbons (Fsp3) is 0.615. The highest BCUT2D eigenvalue weighted by atomic mass is 15.0. The molecule has 0 atom stereocenters. The van der Waals surface area contributed by atoms with Gasteiger partial charge in [-0.3, -0.25) is 10.8 Å². The lowest BCUT2D eigenvalue weighted by Crippen LogP contribution is -2.22. The smallest absolute Gasteiger partial charge is 0.127 e. The fourth-order valence-corrected chi connectivity index (χ4v) is 4.30. The number of aromatic nitrogens is 2. The van der Waals surface area contributed by atoms with Crippen LogP contribution in [-0.2, 0) is 13.1 Å². The van der Waals surface area contributed by atoms with Crippen molar-refractivity contribution in [2.24, 2.45) is 0 Å². The summed E-state index contributed by atoms with van der Waals surface area (Å²) in [5.41, 5.74) is 5.96. The molecule has 2 aromatic heterocycles. The Bertz CT molecular complexity index is 829. The summed E-state index contributed by atoms with van der Waals surface area (Å²) < 4.78 is 4.20. The third-order valence-electron chi connectivity index (χ3n) is 5.98. The molecule has 2 N–H and O–H groups in total. The monoisotopic (exact) mass is 410 g/mol. The predicted octanol–water partition coefficient (Wildman–Crippen LogP) is 6.08. The molecule has 2 heterocycles. The summed E-state index contributed by atoms with van der Waals surface area (Å²) in [4.78, 5) is 0. The molecule has 0 aromatic carbocycles. The molecule has 2 aromatic rings. The molecule has 0 aliphatic carbocycles. The molecule has 0 spiro atoms. The molecule has 0 saturated heterocycles. The Morgan fingerprint density at radius 2 is 0.833 bits per heavy atom. The van der Waals surface area contributed by atoms with Crippen LogP contribution in [0.15, 0.2) is 24.5 Å². The molecule has 0 amide bonds. The van der Waals surface area contributed by atoms with E-state index in [1.165, 1.54) is 75.3 Å². The molecule has 4 heteroatoms. The van der Waals surface area contributed by atoms with E-state index in [2.05, 4.69) is 47.5 Å². The zero-order valence-electron chi connectivity index (χ0n) is 19.7. The van der Waals surface area contributed by atoms with Crippen LogP contribution < -0.4 is 11.0 Å². The zero-order valence-corrected chi connectivity index (χ0v) is 19.7. The summed E-state index contributed by atoms with van der Waals surface area (Å²) in [6, 6.07) is 4.18. The molecule has 4 nitrogen and oxygen atoms in total. The first-order chi connectivity index (χ1) is 14.4. The van der Waals surface area contributed by atoms with Crippen molar-refractivity contribution in [3.8, 4) is 0 Å². The number of hydrogen-bond acceptors (Lipinski definition) is 2. The molecule has 0 aliphatic rings. The number of rotatable bonds is 13. The second-order valence-corrected chi connectivity index (χ2v) is 9.02. The van der Waals surface area contributed by atoms with Crippen LogP contribution in [0.4, 0.5) is 0 Å². The average Bonchev–Trinajstić information content (AvgIpc) is 2.69. The van der Waals surface area contributed by atoms with Gasteiger partial charge in [-0.2, -0.15) is 0 Å². The highest BCUT2D eigenvalue weighted by Gasteiger charge is 2.00. The molecule has 0 bridgehead atoms. The van der Waals surface area contributed by atoms with Crippen LogP contribution in [0.25, 0.3) is 0 Å². The minimum absolute atomic E-state index is 0.662. The average molecular weight is 411 g/mol. The Balaban J connectivity index is 1.47. The summed E-state index contributed by atoms with van der Waals surface area (Å²) in [6.45, 7) is 10.2. The van der Waals surface area contributed by atoms with Gasteiger partial charge < -0.3 is 9.13 Å². The van der Waals surface area contributed by atoms with Gasteiger partial charge in [-0.15, -0.1) is 0 Å². The van der Waals surface area contributed by atoms with Crippen molar-refractivity contribution in [3.05, 3.63) is 57.8 Å². The van der Waals surface area contributed by atoms with Crippen LogP contribution in [0.2, 0.25) is 0 Å². The van der Waals surface area contributed by atoms with Gasteiger partial charge in [0.05, 0.1) is 0 Å². The quantitative estimate of drug-likeness (QED) is 0.376. The van der Waals surface area contributed by atoms with Crippen molar-refractivity contribution in [2.45, 2.75) is 105 Å². The minimum atomic E-state index is 0.662. The molecular formula is C26H42N4. The number of nitrogens with one attached hydrogen (secondary N) is 2. The van der Waals surface area contributed by atoms with Crippen molar-refractivity contribution in [3.63, 3.8) is 0 Å². The molecule has 30 heavy (non-hydrogen) atoms. The topological polar surface area (TPSA) is 57.6 Å². The molecule has 166 valence electrons. The SMILES string of the molecule is Cc1cc(C)c(=N)n(CCCCCCCCCCCCn2cc(C)cc(C)c2=N)c1. The third kappa shape index (κ3) is 7.97. The summed E-state index contributed by atoms with van der Waals surface area (Å²) in [6.07, 6.45) is 17.1. The first-order valence-electron chi connectivity index (χ1n) is 11.8. The van der Waals surface area contributed by atoms with E-state index in [1.807, 2.05) is 13.8 Å². The number of pyridine rings is 2. The fourth-order valence-electron chi connectivity index (χ4n) is 4.30. The Morgan fingerprint density at radius 1 is 0.533 bits per heavy atom. The Kier molecular flexibility index (Phi) is 10.1. The largest absolute Gasteiger partial charge is 0.333 e. The minimum Gasteiger partial charge on any atom is -0.333 e. The summed E-state index contributed by atoms with van der Waals surface area (Å²) in [7, 11) is 0. The van der Waals surface area contributed by atoms with Crippen LogP contribution in [0.5, 0.6) is 0 Å². The Labute approximate surface area is 183 Å². The van der Waals surface area contributed by atoms with Crippen LogP contribution >= 0.6 is 0 Å². The second kappa shape index (κ2) is 12.6. The lowest BCUT2D eigenvalue weighted by atomic mass is 10.1. The van der Waals surface area contributed by atoms with Crippen LogP contribution in [0.1, 0.15) is 86.5 Å². The van der Waals surface area contributed by atoms with E-state index in [9.17, 15) is 0 Å². The number of hydrogen-bond donors (Lipinski definition) is 2. The van der Waals surface area contributed by atoms with Crippen LogP contribution in [-0.4, -0.2) is 9.13 Å². The van der Waals surface area contributed by atoms with E-state index >= 15 is 0 Å². The number of nitrogens with zero attached hydrogens (tertiary/aromatic N) is 2. The van der Waals surface area contributed by atoms with Gasteiger partial charge in [0.2, 0.25) is 0 Å². The van der Waals surface area contributed by atoms with Crippen molar-refractivity contribution in [1.82, 2.24) is 9.13 Å². The third-order valence-corrected chi connectivity index (χ3v) is 5.98. The standard InChI is InChI=1S/C26H42N4/c1-21-17-23(3)25(27)29(19-21)15-13-11-9-7-5-6-8-10-12-14-16-30-20-22(2)18-24(4)26(30)28/h17-20,27-28H,5-16H2,1-4H3. The highest BCUT2D eigenvalue weighted by Crippen LogP contribution is 2.11. The van der Waals surface area contributed by atoms with Gasteiger partial charge in [-0.05, 0) is 62.8 Å². The van der Waals surface area contributed by atoms with E-state index in [4.69, 9.17) is 10.8 Å². The van der Waals surface area contributed by atoms with Gasteiger partial charge >= 0.3 is 0 Å². The van der Waals surface area contributed by atoms with Crippen molar-refractivity contribution in [1.29, 1.82) is 10.8 Å². The van der Waals surface area contributed by atoms with Gasteiger partial charge in [0, 0.05) is 25.5 Å². The molecule has 0 unspecified atom stereocenters. The van der Waals surface area contributed by atoms with Crippen molar-refractivity contribution in [2.75, 3.05) is 0 Å². The lowest BCUT2D eigenvalue weighted by molar-refractivity contribution is 0.512. The number of unbranched alkanes of at least 4 members (excludes halogenated alkanes) is 9. The normalized spacial score (nSPS) is 11.2.